The van der Waals surface area contributed by atoms with Crippen LogP contribution in [0, 0.1) is 12.3 Å². The van der Waals surface area contributed by atoms with Crippen molar-refractivity contribution < 1.29 is 0 Å². The molecule has 0 saturated carbocycles. The highest BCUT2D eigenvalue weighted by Gasteiger charge is 2.04. The van der Waals surface area contributed by atoms with Crippen LogP contribution in [0.5, 0.6) is 0 Å². The minimum Gasteiger partial charge on any atom is -0.268 e. The smallest absolute Gasteiger partial charge is 0.268 e. The van der Waals surface area contributed by atoms with Crippen LogP contribution in [0.4, 0.5) is 0 Å². The van der Waals surface area contributed by atoms with Crippen molar-refractivity contribution in [1.82, 2.24) is 3.96 Å². The predicted octanol–water partition coefficient (Wildman–Crippen LogP) is 1.70. The van der Waals surface area contributed by atoms with E-state index in [1.54, 1.807) is 3.96 Å². The first kappa shape index (κ1) is 8.09. The van der Waals surface area contributed by atoms with Gasteiger partial charge in [0.15, 0.2) is 0 Å². The molecule has 2 nitrogen and oxygen atoms in total. The molecule has 1 aromatic heterocycles. The number of benzene rings is 1. The van der Waals surface area contributed by atoms with E-state index in [0.29, 0.717) is 6.54 Å². The summed E-state index contributed by atoms with van der Waals surface area (Å²) in [7, 11) is 0. The molecule has 0 aliphatic heterocycles. The monoisotopic (exact) mass is 189 g/mol. The second-order valence-corrected chi connectivity index (χ2v) is 3.70. The average molecular weight is 189 g/mol. The summed E-state index contributed by atoms with van der Waals surface area (Å²) in [4.78, 5) is 11.6. The molecule has 0 radical (unpaired) electrons. The maximum absolute atomic E-state index is 11.6. The maximum atomic E-state index is 11.6. The van der Waals surface area contributed by atoms with Crippen molar-refractivity contribution in [3.05, 3.63) is 34.6 Å². The van der Waals surface area contributed by atoms with Gasteiger partial charge in [-0.1, -0.05) is 29.6 Å². The van der Waals surface area contributed by atoms with Crippen LogP contribution in [0.25, 0.3) is 10.1 Å². The lowest BCUT2D eigenvalue weighted by Crippen LogP contribution is -2.11. The van der Waals surface area contributed by atoms with Crippen LogP contribution in [0.1, 0.15) is 0 Å². The van der Waals surface area contributed by atoms with Crippen molar-refractivity contribution >= 4 is 21.6 Å². The van der Waals surface area contributed by atoms with Gasteiger partial charge < -0.3 is 0 Å². The van der Waals surface area contributed by atoms with Gasteiger partial charge in [-0.3, -0.25) is 8.75 Å². The van der Waals surface area contributed by atoms with Gasteiger partial charge in [-0.15, -0.1) is 6.42 Å². The van der Waals surface area contributed by atoms with Crippen LogP contribution in [0.15, 0.2) is 29.1 Å². The number of fused-ring (bicyclic) bond motifs is 1. The zero-order valence-electron chi connectivity index (χ0n) is 6.86. The Labute approximate surface area is 79.6 Å². The van der Waals surface area contributed by atoms with Crippen molar-refractivity contribution in [3.63, 3.8) is 0 Å². The normalized spacial score (nSPS) is 10.1. The quantitative estimate of drug-likeness (QED) is 0.626. The summed E-state index contributed by atoms with van der Waals surface area (Å²) in [6.45, 7) is 0.359. The number of terminal acetylenes is 1. The van der Waals surface area contributed by atoms with E-state index in [-0.39, 0.29) is 5.56 Å². The summed E-state index contributed by atoms with van der Waals surface area (Å²) in [5, 5.41) is 0.753. The minimum absolute atomic E-state index is 0.0125. The Morgan fingerprint density at radius 3 is 2.92 bits per heavy atom. The van der Waals surface area contributed by atoms with Gasteiger partial charge in [-0.2, -0.15) is 0 Å². The summed E-state index contributed by atoms with van der Waals surface area (Å²) in [6, 6.07) is 7.52. The Hall–Kier alpha value is -1.53. The Kier molecular flexibility index (Phi) is 1.91. The molecule has 3 heteroatoms. The average Bonchev–Trinajstić information content (AvgIpc) is 2.46. The van der Waals surface area contributed by atoms with Gasteiger partial charge in [0.1, 0.15) is 0 Å². The van der Waals surface area contributed by atoms with Crippen LogP contribution in [0.3, 0.4) is 0 Å². The van der Waals surface area contributed by atoms with Crippen molar-refractivity contribution in [2.24, 2.45) is 0 Å². The van der Waals surface area contributed by atoms with E-state index in [2.05, 4.69) is 5.92 Å². The van der Waals surface area contributed by atoms with E-state index >= 15 is 0 Å². The molecule has 1 heterocycles. The fraction of sp³-hybridized carbons (Fsp3) is 0.100. The molecule has 0 atom stereocenters. The molecule has 0 aliphatic carbocycles. The van der Waals surface area contributed by atoms with Gasteiger partial charge in [-0.25, -0.2) is 0 Å². The zero-order valence-corrected chi connectivity index (χ0v) is 7.67. The van der Waals surface area contributed by atoms with Gasteiger partial charge in [0.05, 0.1) is 16.6 Å². The predicted molar refractivity (Wildman–Crippen MR) is 54.9 cm³/mol. The van der Waals surface area contributed by atoms with E-state index in [9.17, 15) is 4.79 Å². The molecule has 2 aromatic rings. The van der Waals surface area contributed by atoms with Gasteiger partial charge >= 0.3 is 0 Å². The van der Waals surface area contributed by atoms with Gasteiger partial charge in [-0.05, 0) is 12.1 Å². The third kappa shape index (κ3) is 1.25. The Balaban J connectivity index is 2.76. The highest BCUT2D eigenvalue weighted by atomic mass is 32.1. The van der Waals surface area contributed by atoms with Crippen molar-refractivity contribution in [1.29, 1.82) is 0 Å². The Bertz CT molecular complexity index is 530. The summed E-state index contributed by atoms with van der Waals surface area (Å²) >= 11 is 1.41. The van der Waals surface area contributed by atoms with Crippen LogP contribution in [0.2, 0.25) is 0 Å². The number of aromatic nitrogens is 1. The minimum atomic E-state index is 0.0125. The first-order chi connectivity index (χ1) is 6.33. The highest BCUT2D eigenvalue weighted by Crippen LogP contribution is 2.15. The molecule has 64 valence electrons. The zero-order chi connectivity index (χ0) is 9.26. The summed E-state index contributed by atoms with van der Waals surface area (Å²) in [6.07, 6.45) is 5.15. The molecule has 1 aromatic carbocycles. The number of nitrogens with zero attached hydrogens (tertiary/aromatic N) is 1. The molecule has 0 fully saturated rings. The molecule has 0 bridgehead atoms. The topological polar surface area (TPSA) is 22.0 Å². The molecule has 0 aliphatic rings. The first-order valence-electron chi connectivity index (χ1n) is 3.85. The molecule has 0 spiro atoms. The van der Waals surface area contributed by atoms with Crippen LogP contribution >= 0.6 is 11.5 Å². The molecular formula is C10H7NOS. The summed E-state index contributed by atoms with van der Waals surface area (Å²) in [5.74, 6) is 2.46. The third-order valence-electron chi connectivity index (χ3n) is 1.79. The molecule has 0 saturated heterocycles. The largest absolute Gasteiger partial charge is 0.269 e. The standard InChI is InChI=1S/C10H7NOS/c1-2-7-11-10(12)8-5-3-4-6-9(8)13-11/h1,3-6H,7H2. The van der Waals surface area contributed by atoms with Gasteiger partial charge in [0.2, 0.25) is 0 Å². The lowest BCUT2D eigenvalue weighted by molar-refractivity contribution is 0.906. The second kappa shape index (κ2) is 3.08. The van der Waals surface area contributed by atoms with Crippen LogP contribution < -0.4 is 5.56 Å². The molecular weight excluding hydrogens is 182 g/mol. The summed E-state index contributed by atoms with van der Waals surface area (Å²) < 4.78 is 2.58. The number of hydrogen-bond acceptors (Lipinski definition) is 2. The van der Waals surface area contributed by atoms with Gasteiger partial charge in [0, 0.05) is 0 Å². The molecule has 2 rings (SSSR count). The van der Waals surface area contributed by atoms with E-state index in [4.69, 9.17) is 6.42 Å². The third-order valence-corrected chi connectivity index (χ3v) is 2.86. The number of rotatable bonds is 1. The van der Waals surface area contributed by atoms with Crippen LogP contribution in [-0.2, 0) is 6.54 Å². The maximum Gasteiger partial charge on any atom is 0.269 e. The van der Waals surface area contributed by atoms with E-state index < -0.39 is 0 Å². The highest BCUT2D eigenvalue weighted by molar-refractivity contribution is 7.13. The number of hydrogen-bond donors (Lipinski definition) is 0. The van der Waals surface area contributed by atoms with Crippen LogP contribution in [-0.4, -0.2) is 3.96 Å². The lowest BCUT2D eigenvalue weighted by Gasteiger charge is -1.87. The van der Waals surface area contributed by atoms with Crippen molar-refractivity contribution in [2.75, 3.05) is 0 Å². The lowest BCUT2D eigenvalue weighted by atomic mass is 10.3. The fourth-order valence-electron chi connectivity index (χ4n) is 1.20. The van der Waals surface area contributed by atoms with E-state index in [1.807, 2.05) is 24.3 Å². The van der Waals surface area contributed by atoms with Crippen molar-refractivity contribution in [2.45, 2.75) is 6.54 Å². The summed E-state index contributed by atoms with van der Waals surface area (Å²) in [5.41, 5.74) is 0.0125. The molecule has 13 heavy (non-hydrogen) atoms. The van der Waals surface area contributed by atoms with Gasteiger partial charge in [0.25, 0.3) is 5.56 Å². The fourth-order valence-corrected chi connectivity index (χ4v) is 2.16. The SMILES string of the molecule is C#CCn1sc2ccccc2c1=O. The molecule has 0 N–H and O–H groups in total. The second-order valence-electron chi connectivity index (χ2n) is 2.63. The first-order valence-corrected chi connectivity index (χ1v) is 4.62. The Morgan fingerprint density at radius 2 is 2.23 bits per heavy atom. The Morgan fingerprint density at radius 1 is 1.46 bits per heavy atom. The van der Waals surface area contributed by atoms with E-state index in [0.717, 1.165) is 10.1 Å². The molecule has 0 amide bonds. The van der Waals surface area contributed by atoms with Crippen molar-refractivity contribution in [3.8, 4) is 12.3 Å². The molecule has 0 unspecified atom stereocenters. The van der Waals surface area contributed by atoms with E-state index in [1.165, 1.54) is 11.5 Å².